The molecule has 1 heterocycles. The van der Waals surface area contributed by atoms with Crippen molar-refractivity contribution in [2.75, 3.05) is 6.54 Å². The molecule has 0 radical (unpaired) electrons. The summed E-state index contributed by atoms with van der Waals surface area (Å²) in [5.41, 5.74) is 0. The van der Waals surface area contributed by atoms with Gasteiger partial charge in [0.2, 0.25) is 5.91 Å². The van der Waals surface area contributed by atoms with Crippen molar-refractivity contribution in [2.45, 2.75) is 44.7 Å². The van der Waals surface area contributed by atoms with E-state index in [0.29, 0.717) is 5.92 Å². The Hall–Kier alpha value is -1.10. The van der Waals surface area contributed by atoms with Crippen molar-refractivity contribution in [3.05, 3.63) is 0 Å². The van der Waals surface area contributed by atoms with Crippen LogP contribution in [0.4, 0.5) is 0 Å². The third-order valence-corrected chi connectivity index (χ3v) is 3.78. The van der Waals surface area contributed by atoms with Gasteiger partial charge in [0, 0.05) is 12.1 Å². The first kappa shape index (κ1) is 12.4. The van der Waals surface area contributed by atoms with Gasteiger partial charge in [0.05, 0.1) is 12.3 Å². The number of carboxylic acid groups (broad SMARTS) is 1. The largest absolute Gasteiger partial charge is 0.481 e. The van der Waals surface area contributed by atoms with Gasteiger partial charge in [-0.15, -0.1) is 0 Å². The number of aliphatic carboxylic acids is 1. The third-order valence-electron chi connectivity index (χ3n) is 3.78. The van der Waals surface area contributed by atoms with E-state index in [2.05, 4.69) is 10.6 Å². The number of hydrogen-bond donors (Lipinski definition) is 3. The van der Waals surface area contributed by atoms with Crippen LogP contribution in [0.25, 0.3) is 0 Å². The van der Waals surface area contributed by atoms with Crippen LogP contribution in [0.3, 0.4) is 0 Å². The Kier molecular flexibility index (Phi) is 3.66. The molecule has 5 heteroatoms. The molecule has 3 N–H and O–H groups in total. The normalized spacial score (nSPS) is 29.9. The molecule has 1 saturated carbocycles. The highest BCUT2D eigenvalue weighted by Crippen LogP contribution is 2.34. The predicted octanol–water partition coefficient (Wildman–Crippen LogP) is 0.354. The third kappa shape index (κ3) is 3.19. The minimum absolute atomic E-state index is 0.00922. The number of rotatable bonds is 5. The highest BCUT2D eigenvalue weighted by atomic mass is 16.4. The highest BCUT2D eigenvalue weighted by molar-refractivity contribution is 5.80. The molecule has 0 spiro atoms. The van der Waals surface area contributed by atoms with E-state index in [9.17, 15) is 9.59 Å². The molecule has 3 atom stereocenters. The first-order chi connectivity index (χ1) is 8.08. The number of nitrogens with one attached hydrogen (secondary N) is 2. The summed E-state index contributed by atoms with van der Waals surface area (Å²) >= 11 is 0. The molecule has 5 nitrogen and oxygen atoms in total. The Morgan fingerprint density at radius 1 is 1.41 bits per heavy atom. The standard InChI is InChI=1S/C12H20N2O3/c1-7-9(4-5-13-7)12(17)14-10(6-11(15)16)8-2-3-8/h7-10,13H,2-6H2,1H3,(H,14,17)(H,15,16). The van der Waals surface area contributed by atoms with Gasteiger partial charge in [0.15, 0.2) is 0 Å². The summed E-state index contributed by atoms with van der Waals surface area (Å²) in [6.07, 6.45) is 2.97. The maximum absolute atomic E-state index is 12.0. The lowest BCUT2D eigenvalue weighted by Gasteiger charge is -2.21. The van der Waals surface area contributed by atoms with Crippen molar-refractivity contribution in [1.29, 1.82) is 0 Å². The zero-order valence-corrected chi connectivity index (χ0v) is 10.1. The van der Waals surface area contributed by atoms with Crippen molar-refractivity contribution in [1.82, 2.24) is 10.6 Å². The first-order valence-corrected chi connectivity index (χ1v) is 6.33. The molecule has 2 rings (SSSR count). The van der Waals surface area contributed by atoms with Crippen molar-refractivity contribution < 1.29 is 14.7 Å². The first-order valence-electron chi connectivity index (χ1n) is 6.33. The Labute approximate surface area is 101 Å². The van der Waals surface area contributed by atoms with Gasteiger partial charge in [-0.05, 0) is 38.6 Å². The number of hydrogen-bond acceptors (Lipinski definition) is 3. The van der Waals surface area contributed by atoms with E-state index >= 15 is 0 Å². The maximum Gasteiger partial charge on any atom is 0.305 e. The Bertz CT molecular complexity index is 315. The topological polar surface area (TPSA) is 78.4 Å². The summed E-state index contributed by atoms with van der Waals surface area (Å²) in [5, 5.41) is 15.0. The van der Waals surface area contributed by atoms with Gasteiger partial charge in [0.25, 0.3) is 0 Å². The molecule has 96 valence electrons. The second-order valence-corrected chi connectivity index (χ2v) is 5.19. The minimum atomic E-state index is -0.834. The van der Waals surface area contributed by atoms with Crippen LogP contribution in [-0.4, -0.2) is 35.6 Å². The molecule has 0 aromatic heterocycles. The van der Waals surface area contributed by atoms with E-state index in [1.165, 1.54) is 0 Å². The minimum Gasteiger partial charge on any atom is -0.481 e. The van der Waals surface area contributed by atoms with E-state index in [1.54, 1.807) is 0 Å². The van der Waals surface area contributed by atoms with Crippen LogP contribution in [0.2, 0.25) is 0 Å². The molecule has 2 aliphatic rings. The zero-order valence-electron chi connectivity index (χ0n) is 10.1. The molecular weight excluding hydrogens is 220 g/mol. The smallest absolute Gasteiger partial charge is 0.305 e. The fourth-order valence-electron chi connectivity index (χ4n) is 2.53. The van der Waals surface area contributed by atoms with Gasteiger partial charge in [-0.25, -0.2) is 0 Å². The highest BCUT2D eigenvalue weighted by Gasteiger charge is 2.36. The SMILES string of the molecule is CC1NCCC1C(=O)NC(CC(=O)O)C1CC1. The number of carboxylic acids is 1. The maximum atomic E-state index is 12.0. The summed E-state index contributed by atoms with van der Waals surface area (Å²) in [7, 11) is 0. The lowest BCUT2D eigenvalue weighted by molar-refractivity contribution is -0.138. The van der Waals surface area contributed by atoms with Crippen LogP contribution < -0.4 is 10.6 Å². The Balaban J connectivity index is 1.88. The predicted molar refractivity (Wildman–Crippen MR) is 62.5 cm³/mol. The number of carbonyl (C=O) groups is 2. The van der Waals surface area contributed by atoms with Crippen LogP contribution in [-0.2, 0) is 9.59 Å². The lowest BCUT2D eigenvalue weighted by Crippen LogP contribution is -2.44. The fourth-order valence-corrected chi connectivity index (χ4v) is 2.53. The Morgan fingerprint density at radius 3 is 2.59 bits per heavy atom. The molecular formula is C12H20N2O3. The number of carbonyl (C=O) groups excluding carboxylic acids is 1. The zero-order chi connectivity index (χ0) is 12.4. The van der Waals surface area contributed by atoms with E-state index in [4.69, 9.17) is 5.11 Å². The van der Waals surface area contributed by atoms with Crippen molar-refractivity contribution in [3.8, 4) is 0 Å². The van der Waals surface area contributed by atoms with Gasteiger partial charge in [0.1, 0.15) is 0 Å². The molecule has 1 amide bonds. The van der Waals surface area contributed by atoms with E-state index < -0.39 is 5.97 Å². The van der Waals surface area contributed by atoms with Crippen LogP contribution in [0.1, 0.15) is 32.6 Å². The van der Waals surface area contributed by atoms with Gasteiger partial charge in [-0.3, -0.25) is 9.59 Å². The molecule has 3 unspecified atom stereocenters. The summed E-state index contributed by atoms with van der Waals surface area (Å²) in [6, 6.07) is 0.0208. The average molecular weight is 240 g/mol. The number of amides is 1. The monoisotopic (exact) mass is 240 g/mol. The second-order valence-electron chi connectivity index (χ2n) is 5.19. The van der Waals surface area contributed by atoms with Crippen molar-refractivity contribution in [2.24, 2.45) is 11.8 Å². The summed E-state index contributed by atoms with van der Waals surface area (Å²) in [6.45, 7) is 2.87. The fraction of sp³-hybridized carbons (Fsp3) is 0.833. The summed E-state index contributed by atoms with van der Waals surface area (Å²) in [4.78, 5) is 22.8. The Morgan fingerprint density at radius 2 is 2.12 bits per heavy atom. The van der Waals surface area contributed by atoms with Crippen LogP contribution >= 0.6 is 0 Å². The van der Waals surface area contributed by atoms with Gasteiger partial charge in [-0.1, -0.05) is 0 Å². The van der Waals surface area contributed by atoms with Crippen LogP contribution in [0, 0.1) is 11.8 Å². The molecule has 1 saturated heterocycles. The lowest BCUT2D eigenvalue weighted by atomic mass is 9.99. The quantitative estimate of drug-likeness (QED) is 0.648. The molecule has 2 fully saturated rings. The van der Waals surface area contributed by atoms with Crippen LogP contribution in [0.5, 0.6) is 0 Å². The van der Waals surface area contributed by atoms with E-state index in [-0.39, 0.29) is 30.3 Å². The van der Waals surface area contributed by atoms with Crippen molar-refractivity contribution in [3.63, 3.8) is 0 Å². The molecule has 0 aromatic carbocycles. The summed E-state index contributed by atoms with van der Waals surface area (Å²) in [5.74, 6) is -0.454. The summed E-state index contributed by atoms with van der Waals surface area (Å²) < 4.78 is 0. The average Bonchev–Trinajstić information content (AvgIpc) is 3.00. The van der Waals surface area contributed by atoms with E-state index in [0.717, 1.165) is 25.8 Å². The molecule has 1 aliphatic heterocycles. The van der Waals surface area contributed by atoms with Gasteiger partial charge < -0.3 is 15.7 Å². The van der Waals surface area contributed by atoms with Crippen molar-refractivity contribution >= 4 is 11.9 Å². The second kappa shape index (κ2) is 5.04. The molecule has 1 aliphatic carbocycles. The van der Waals surface area contributed by atoms with Gasteiger partial charge in [-0.2, -0.15) is 0 Å². The van der Waals surface area contributed by atoms with E-state index in [1.807, 2.05) is 6.92 Å². The molecule has 0 bridgehead atoms. The van der Waals surface area contributed by atoms with Gasteiger partial charge >= 0.3 is 5.97 Å². The molecule has 0 aromatic rings. The molecule has 17 heavy (non-hydrogen) atoms. The van der Waals surface area contributed by atoms with Crippen LogP contribution in [0.15, 0.2) is 0 Å².